The summed E-state index contributed by atoms with van der Waals surface area (Å²) < 4.78 is 5.41. The highest BCUT2D eigenvalue weighted by Crippen LogP contribution is 2.31. The maximum Gasteiger partial charge on any atom is 0.339 e. The van der Waals surface area contributed by atoms with Crippen molar-refractivity contribution in [3.8, 4) is 6.07 Å². The standard InChI is InChI=1S/C14H15NO2/c15-11-14(9-5-2-6-10-14)17-13(16)12-7-3-1-4-8-12/h1,3-4,7-8H,2,5-6,9-10H2. The van der Waals surface area contributed by atoms with Crippen LogP contribution in [0, 0.1) is 11.3 Å². The first-order chi connectivity index (χ1) is 8.26. The Labute approximate surface area is 101 Å². The maximum absolute atomic E-state index is 11.9. The van der Waals surface area contributed by atoms with Crippen molar-refractivity contribution >= 4 is 5.97 Å². The van der Waals surface area contributed by atoms with Gasteiger partial charge in [0.25, 0.3) is 0 Å². The second-order valence-corrected chi connectivity index (χ2v) is 4.42. The molecule has 1 saturated carbocycles. The second kappa shape index (κ2) is 5.01. The quantitative estimate of drug-likeness (QED) is 0.732. The number of esters is 1. The minimum atomic E-state index is -0.898. The Hall–Kier alpha value is -1.82. The van der Waals surface area contributed by atoms with E-state index in [1.165, 1.54) is 0 Å². The molecule has 0 N–H and O–H groups in total. The van der Waals surface area contributed by atoms with Gasteiger partial charge in [-0.2, -0.15) is 5.26 Å². The lowest BCUT2D eigenvalue weighted by atomic mass is 9.86. The second-order valence-electron chi connectivity index (χ2n) is 4.42. The predicted octanol–water partition coefficient (Wildman–Crippen LogP) is 3.07. The van der Waals surface area contributed by atoms with Crippen LogP contribution in [0.5, 0.6) is 0 Å². The third-order valence-corrected chi connectivity index (χ3v) is 3.16. The number of benzene rings is 1. The van der Waals surface area contributed by atoms with Crippen LogP contribution in [-0.2, 0) is 4.74 Å². The number of carbonyl (C=O) groups is 1. The summed E-state index contributed by atoms with van der Waals surface area (Å²) >= 11 is 0. The Morgan fingerprint density at radius 3 is 2.41 bits per heavy atom. The summed E-state index contributed by atoms with van der Waals surface area (Å²) in [5.41, 5.74) is -0.391. The van der Waals surface area contributed by atoms with E-state index in [2.05, 4.69) is 6.07 Å². The van der Waals surface area contributed by atoms with Gasteiger partial charge in [-0.15, -0.1) is 0 Å². The Morgan fingerprint density at radius 1 is 1.18 bits per heavy atom. The molecule has 17 heavy (non-hydrogen) atoms. The highest BCUT2D eigenvalue weighted by Gasteiger charge is 2.36. The average Bonchev–Trinajstić information content (AvgIpc) is 2.41. The molecule has 3 heteroatoms. The molecule has 0 bridgehead atoms. The molecule has 0 saturated heterocycles. The summed E-state index contributed by atoms with van der Waals surface area (Å²) in [6.45, 7) is 0. The molecule has 0 heterocycles. The molecule has 88 valence electrons. The van der Waals surface area contributed by atoms with Crippen LogP contribution in [0.3, 0.4) is 0 Å². The number of carbonyl (C=O) groups excluding carboxylic acids is 1. The lowest BCUT2D eigenvalue weighted by Crippen LogP contribution is -2.35. The zero-order valence-corrected chi connectivity index (χ0v) is 9.69. The minimum absolute atomic E-state index is 0.394. The van der Waals surface area contributed by atoms with Crippen molar-refractivity contribution in [2.45, 2.75) is 37.7 Å². The number of nitriles is 1. The molecule has 1 aliphatic carbocycles. The van der Waals surface area contributed by atoms with Gasteiger partial charge >= 0.3 is 5.97 Å². The summed E-state index contributed by atoms with van der Waals surface area (Å²) in [5, 5.41) is 9.21. The van der Waals surface area contributed by atoms with Gasteiger partial charge in [-0.1, -0.05) is 24.6 Å². The minimum Gasteiger partial charge on any atom is -0.440 e. The summed E-state index contributed by atoms with van der Waals surface area (Å²) in [4.78, 5) is 11.9. The van der Waals surface area contributed by atoms with Crippen LogP contribution in [0.15, 0.2) is 30.3 Å². The molecule has 0 aromatic heterocycles. The third kappa shape index (κ3) is 2.65. The van der Waals surface area contributed by atoms with Crippen LogP contribution in [0.4, 0.5) is 0 Å². The van der Waals surface area contributed by atoms with Gasteiger partial charge in [0.15, 0.2) is 5.60 Å². The van der Waals surface area contributed by atoms with Crippen LogP contribution in [-0.4, -0.2) is 11.6 Å². The van der Waals surface area contributed by atoms with E-state index in [1.54, 1.807) is 24.3 Å². The number of hydrogen-bond donors (Lipinski definition) is 0. The Kier molecular flexibility index (Phi) is 3.43. The monoisotopic (exact) mass is 229 g/mol. The van der Waals surface area contributed by atoms with E-state index in [9.17, 15) is 10.1 Å². The first-order valence-electron chi connectivity index (χ1n) is 5.95. The molecule has 0 spiro atoms. The van der Waals surface area contributed by atoms with Crippen molar-refractivity contribution in [2.75, 3.05) is 0 Å². The van der Waals surface area contributed by atoms with Gasteiger partial charge in [-0.3, -0.25) is 0 Å². The Morgan fingerprint density at radius 2 is 1.82 bits per heavy atom. The molecular formula is C14H15NO2. The lowest BCUT2D eigenvalue weighted by molar-refractivity contribution is -0.00768. The fraction of sp³-hybridized carbons (Fsp3) is 0.429. The molecule has 3 nitrogen and oxygen atoms in total. The van der Waals surface area contributed by atoms with Gasteiger partial charge in [0.2, 0.25) is 0 Å². The zero-order chi connectivity index (χ0) is 12.1. The summed E-state index contributed by atoms with van der Waals surface area (Å²) in [7, 11) is 0. The summed E-state index contributed by atoms with van der Waals surface area (Å²) in [6, 6.07) is 11.0. The van der Waals surface area contributed by atoms with Crippen molar-refractivity contribution in [1.82, 2.24) is 0 Å². The number of nitrogens with zero attached hydrogens (tertiary/aromatic N) is 1. The first kappa shape index (κ1) is 11.7. The van der Waals surface area contributed by atoms with Gasteiger partial charge in [-0.25, -0.2) is 4.79 Å². The molecule has 2 rings (SSSR count). The normalized spacial score (nSPS) is 18.1. The summed E-state index contributed by atoms with van der Waals surface area (Å²) in [5.74, 6) is -0.394. The molecule has 1 fully saturated rings. The molecule has 0 amide bonds. The van der Waals surface area contributed by atoms with Crippen molar-refractivity contribution < 1.29 is 9.53 Å². The molecular weight excluding hydrogens is 214 g/mol. The van der Waals surface area contributed by atoms with Gasteiger partial charge in [0.05, 0.1) is 5.56 Å². The van der Waals surface area contributed by atoms with Crippen LogP contribution >= 0.6 is 0 Å². The van der Waals surface area contributed by atoms with E-state index >= 15 is 0 Å². The van der Waals surface area contributed by atoms with Gasteiger partial charge < -0.3 is 4.74 Å². The fourth-order valence-electron chi connectivity index (χ4n) is 2.17. The molecule has 0 unspecified atom stereocenters. The third-order valence-electron chi connectivity index (χ3n) is 3.16. The predicted molar refractivity (Wildman–Crippen MR) is 63.3 cm³/mol. The molecule has 0 atom stereocenters. The first-order valence-corrected chi connectivity index (χ1v) is 5.95. The van der Waals surface area contributed by atoms with E-state index in [1.807, 2.05) is 6.07 Å². The lowest BCUT2D eigenvalue weighted by Gasteiger charge is -2.30. The van der Waals surface area contributed by atoms with E-state index in [0.717, 1.165) is 19.3 Å². The Bertz CT molecular complexity index is 427. The topological polar surface area (TPSA) is 50.1 Å². The Balaban J connectivity index is 2.10. The van der Waals surface area contributed by atoms with Crippen LogP contribution < -0.4 is 0 Å². The van der Waals surface area contributed by atoms with Crippen LogP contribution in [0.2, 0.25) is 0 Å². The highest BCUT2D eigenvalue weighted by molar-refractivity contribution is 5.89. The van der Waals surface area contributed by atoms with Crippen molar-refractivity contribution in [1.29, 1.82) is 5.26 Å². The average molecular weight is 229 g/mol. The van der Waals surface area contributed by atoms with Gasteiger partial charge in [0.1, 0.15) is 6.07 Å². The highest BCUT2D eigenvalue weighted by atomic mass is 16.6. The van der Waals surface area contributed by atoms with Crippen molar-refractivity contribution in [3.05, 3.63) is 35.9 Å². The number of ether oxygens (including phenoxy) is 1. The van der Waals surface area contributed by atoms with E-state index in [-0.39, 0.29) is 0 Å². The van der Waals surface area contributed by atoms with E-state index in [0.29, 0.717) is 18.4 Å². The number of hydrogen-bond acceptors (Lipinski definition) is 3. The SMILES string of the molecule is N#CC1(OC(=O)c2ccccc2)CCCCC1. The van der Waals surface area contributed by atoms with Gasteiger partial charge in [0, 0.05) is 12.8 Å². The molecule has 1 aromatic rings. The summed E-state index contributed by atoms with van der Waals surface area (Å²) in [6.07, 6.45) is 4.34. The van der Waals surface area contributed by atoms with Crippen molar-refractivity contribution in [3.63, 3.8) is 0 Å². The van der Waals surface area contributed by atoms with E-state index in [4.69, 9.17) is 4.74 Å². The zero-order valence-electron chi connectivity index (χ0n) is 9.69. The number of rotatable bonds is 2. The smallest absolute Gasteiger partial charge is 0.339 e. The van der Waals surface area contributed by atoms with Gasteiger partial charge in [-0.05, 0) is 25.0 Å². The maximum atomic E-state index is 11.9. The molecule has 1 aromatic carbocycles. The van der Waals surface area contributed by atoms with Crippen LogP contribution in [0.1, 0.15) is 42.5 Å². The molecule has 0 radical (unpaired) electrons. The fourth-order valence-corrected chi connectivity index (χ4v) is 2.17. The van der Waals surface area contributed by atoms with Crippen molar-refractivity contribution in [2.24, 2.45) is 0 Å². The van der Waals surface area contributed by atoms with Crippen LogP contribution in [0.25, 0.3) is 0 Å². The molecule has 1 aliphatic rings. The largest absolute Gasteiger partial charge is 0.440 e. The van der Waals surface area contributed by atoms with E-state index < -0.39 is 11.6 Å². The molecule has 0 aliphatic heterocycles.